The Kier molecular flexibility index (Phi) is 15.4. The first-order valence-corrected chi connectivity index (χ1v) is 14.5. The highest BCUT2D eigenvalue weighted by Crippen LogP contribution is 2.23. The molecule has 0 aliphatic heterocycles. The minimum absolute atomic E-state index is 0.00326. The summed E-state index contributed by atoms with van der Waals surface area (Å²) in [5.74, 6) is -5.09. The third-order valence-corrected chi connectivity index (χ3v) is 6.45. The number of likely N-dealkylation sites (N-methyl/N-ethyl adjacent to an activating group) is 1. The van der Waals surface area contributed by atoms with Gasteiger partial charge in [0, 0.05) is 11.6 Å². The SMILES string of the molecule is CCCCCCN(C)CC(=O)[C@H](CC(=O)O)NC(=O)C(CC)n1cc(C(C)(C)C)nc(Nc2nn[nH]n2)c1=O.O=C(O)C(F)(F)F. The molecule has 19 heteroatoms. The molecule has 258 valence electrons. The number of alkyl halides is 3. The van der Waals surface area contributed by atoms with E-state index < -0.39 is 59.3 Å². The van der Waals surface area contributed by atoms with Crippen LogP contribution in [-0.2, 0) is 24.6 Å². The number of carbonyl (C=O) groups is 4. The van der Waals surface area contributed by atoms with Crippen LogP contribution >= 0.6 is 0 Å². The number of anilines is 2. The van der Waals surface area contributed by atoms with Crippen molar-refractivity contribution in [2.24, 2.45) is 0 Å². The lowest BCUT2D eigenvalue weighted by Crippen LogP contribution is -2.49. The summed E-state index contributed by atoms with van der Waals surface area (Å²) < 4.78 is 33.0. The minimum Gasteiger partial charge on any atom is -0.481 e. The topological polar surface area (TPSA) is 225 Å². The van der Waals surface area contributed by atoms with Crippen LogP contribution in [0.3, 0.4) is 0 Å². The van der Waals surface area contributed by atoms with Crippen LogP contribution in [-0.4, -0.2) is 101 Å². The molecule has 1 unspecified atom stereocenters. The Morgan fingerprint density at radius 2 is 1.72 bits per heavy atom. The first-order valence-electron chi connectivity index (χ1n) is 14.5. The highest BCUT2D eigenvalue weighted by Gasteiger charge is 2.38. The molecule has 1 amide bonds. The van der Waals surface area contributed by atoms with E-state index in [-0.39, 0.29) is 24.7 Å². The van der Waals surface area contributed by atoms with E-state index >= 15 is 0 Å². The molecule has 0 saturated carbocycles. The Labute approximate surface area is 263 Å². The number of aliphatic carboxylic acids is 2. The third kappa shape index (κ3) is 13.3. The molecule has 16 nitrogen and oxygen atoms in total. The van der Waals surface area contributed by atoms with Gasteiger partial charge in [-0.05, 0) is 31.6 Å². The van der Waals surface area contributed by atoms with Crippen molar-refractivity contribution >= 4 is 35.4 Å². The van der Waals surface area contributed by atoms with Gasteiger partial charge in [0.15, 0.2) is 11.6 Å². The lowest BCUT2D eigenvalue weighted by Gasteiger charge is -2.26. The van der Waals surface area contributed by atoms with Crippen LogP contribution in [0.25, 0.3) is 0 Å². The van der Waals surface area contributed by atoms with Gasteiger partial charge in [-0.15, -0.1) is 5.10 Å². The molecule has 0 spiro atoms. The molecule has 2 aromatic heterocycles. The third-order valence-electron chi connectivity index (χ3n) is 6.45. The van der Waals surface area contributed by atoms with Crippen molar-refractivity contribution in [3.05, 3.63) is 22.2 Å². The van der Waals surface area contributed by atoms with E-state index in [1.54, 1.807) is 14.0 Å². The largest absolute Gasteiger partial charge is 0.490 e. The molecule has 0 aromatic carbocycles. The second-order valence-corrected chi connectivity index (χ2v) is 11.4. The minimum atomic E-state index is -5.08. The molecule has 0 aliphatic carbocycles. The molecule has 2 heterocycles. The summed E-state index contributed by atoms with van der Waals surface area (Å²) in [6, 6.07) is -2.26. The van der Waals surface area contributed by atoms with E-state index in [2.05, 4.69) is 43.2 Å². The van der Waals surface area contributed by atoms with Crippen molar-refractivity contribution in [2.45, 2.75) is 96.8 Å². The Balaban J connectivity index is 0.00000135. The number of ketones is 1. The zero-order chi connectivity index (χ0) is 35.2. The summed E-state index contributed by atoms with van der Waals surface area (Å²) in [7, 11) is 1.79. The van der Waals surface area contributed by atoms with E-state index in [0.717, 1.165) is 25.7 Å². The van der Waals surface area contributed by atoms with Gasteiger partial charge in [-0.25, -0.2) is 9.78 Å². The van der Waals surface area contributed by atoms with Crippen LogP contribution in [0.4, 0.5) is 24.9 Å². The Morgan fingerprint density at radius 1 is 1.09 bits per heavy atom. The van der Waals surface area contributed by atoms with E-state index in [1.165, 1.54) is 10.8 Å². The van der Waals surface area contributed by atoms with Gasteiger partial charge < -0.3 is 20.8 Å². The fourth-order valence-electron chi connectivity index (χ4n) is 3.96. The molecule has 46 heavy (non-hydrogen) atoms. The van der Waals surface area contributed by atoms with Crippen LogP contribution in [0.1, 0.15) is 84.9 Å². The summed E-state index contributed by atoms with van der Waals surface area (Å²) in [5.41, 5.74) is -0.577. The summed E-state index contributed by atoms with van der Waals surface area (Å²) in [5, 5.41) is 35.2. The maximum Gasteiger partial charge on any atom is 0.490 e. The Morgan fingerprint density at radius 3 is 2.20 bits per heavy atom. The fourth-order valence-corrected chi connectivity index (χ4v) is 3.96. The average molecular weight is 662 g/mol. The predicted molar refractivity (Wildman–Crippen MR) is 159 cm³/mol. The van der Waals surface area contributed by atoms with E-state index in [1.807, 2.05) is 25.7 Å². The summed E-state index contributed by atoms with van der Waals surface area (Å²) in [6.07, 6.45) is 0.238. The molecule has 5 N–H and O–H groups in total. The molecule has 2 aromatic rings. The Hall–Kier alpha value is -4.42. The number of halogens is 3. The number of tetrazole rings is 1. The number of H-pyrrole nitrogens is 1. The van der Waals surface area contributed by atoms with Crippen LogP contribution < -0.4 is 16.2 Å². The molecule has 0 aliphatic rings. The molecule has 0 saturated heterocycles. The number of nitrogens with one attached hydrogen (secondary N) is 3. The number of Topliss-reactive ketones (excluding diaryl/α,β-unsaturated/α-hetero) is 1. The maximum absolute atomic E-state index is 13.4. The zero-order valence-corrected chi connectivity index (χ0v) is 26.6. The number of nitrogens with zero attached hydrogens (tertiary/aromatic N) is 6. The van der Waals surface area contributed by atoms with Gasteiger partial charge in [-0.1, -0.05) is 59.0 Å². The van der Waals surface area contributed by atoms with Crippen molar-refractivity contribution < 1.29 is 42.6 Å². The highest BCUT2D eigenvalue weighted by atomic mass is 19.4. The number of unbranched alkanes of at least 4 members (excludes halogenated alkanes) is 3. The number of amides is 1. The highest BCUT2D eigenvalue weighted by molar-refractivity contribution is 5.94. The second-order valence-electron chi connectivity index (χ2n) is 11.4. The standard InChI is InChI=1S/C25H41N9O5.C2HF3O2/c1-7-9-10-11-12-33(6)14-18(35)16(13-20(36)37)26-22(38)17(8-2)34-15-19(25(3,4)5)27-21(23(34)39)28-24-29-31-32-30-24;3-2(4,5)1(6)7/h15-17H,7-14H2,1-6H3,(H,26,38)(H,36,37)(H2,27,28,29,30,31,32);(H,6,7)/t16-,17?;/m0./s1. The summed E-state index contributed by atoms with van der Waals surface area (Å²) >= 11 is 0. The fraction of sp³-hybridized carbons (Fsp3) is 0.667. The van der Waals surface area contributed by atoms with Crippen LogP contribution in [0.5, 0.6) is 0 Å². The number of hydrogen-bond acceptors (Lipinski definition) is 11. The number of aromatic amines is 1. The first-order chi connectivity index (χ1) is 21.3. The van der Waals surface area contributed by atoms with Gasteiger partial charge in [-0.3, -0.25) is 28.6 Å². The monoisotopic (exact) mass is 661 g/mol. The van der Waals surface area contributed by atoms with E-state index in [4.69, 9.17) is 9.90 Å². The van der Waals surface area contributed by atoms with Crippen molar-refractivity contribution in [1.29, 1.82) is 0 Å². The van der Waals surface area contributed by atoms with Gasteiger partial charge in [0.1, 0.15) is 6.04 Å². The molecular weight excluding hydrogens is 619 g/mol. The lowest BCUT2D eigenvalue weighted by molar-refractivity contribution is -0.192. The van der Waals surface area contributed by atoms with Crippen LogP contribution in [0.15, 0.2) is 11.0 Å². The van der Waals surface area contributed by atoms with Crippen LogP contribution in [0.2, 0.25) is 0 Å². The normalized spacial score (nSPS) is 12.9. The first kappa shape index (κ1) is 39.6. The number of carboxylic acid groups (broad SMARTS) is 2. The summed E-state index contributed by atoms with van der Waals surface area (Å²) in [4.78, 5) is 66.5. The van der Waals surface area contributed by atoms with Crippen molar-refractivity contribution in [3.63, 3.8) is 0 Å². The van der Waals surface area contributed by atoms with Gasteiger partial charge in [-0.2, -0.15) is 18.4 Å². The number of aromatic nitrogens is 6. The van der Waals surface area contributed by atoms with Gasteiger partial charge in [0.05, 0.1) is 24.7 Å². The molecule has 0 bridgehead atoms. The number of rotatable bonds is 16. The Bertz CT molecular complexity index is 1360. The van der Waals surface area contributed by atoms with Gasteiger partial charge in [0.25, 0.3) is 11.5 Å². The number of carbonyl (C=O) groups excluding carboxylic acids is 2. The van der Waals surface area contributed by atoms with Crippen molar-refractivity contribution in [3.8, 4) is 0 Å². The zero-order valence-electron chi connectivity index (χ0n) is 26.6. The quantitative estimate of drug-likeness (QED) is 0.163. The molecular formula is C27H42F3N9O7. The van der Waals surface area contributed by atoms with E-state index in [9.17, 15) is 37.5 Å². The lowest BCUT2D eigenvalue weighted by atomic mass is 9.92. The maximum atomic E-state index is 13.4. The van der Waals surface area contributed by atoms with E-state index in [0.29, 0.717) is 12.2 Å². The second kappa shape index (κ2) is 17.9. The smallest absolute Gasteiger partial charge is 0.481 e. The molecule has 2 rings (SSSR count). The number of hydrogen-bond donors (Lipinski definition) is 5. The van der Waals surface area contributed by atoms with Gasteiger partial charge in [0.2, 0.25) is 5.91 Å². The number of carboxylic acids is 2. The summed E-state index contributed by atoms with van der Waals surface area (Å²) in [6.45, 7) is 10.2. The molecule has 0 radical (unpaired) electrons. The molecule has 0 fully saturated rings. The van der Waals surface area contributed by atoms with Crippen molar-refractivity contribution in [2.75, 3.05) is 25.5 Å². The van der Waals surface area contributed by atoms with Crippen molar-refractivity contribution in [1.82, 2.24) is 40.4 Å². The average Bonchev–Trinajstić information content (AvgIpc) is 3.45. The predicted octanol–water partition coefficient (Wildman–Crippen LogP) is 2.42. The molecule has 2 atom stereocenters. The van der Waals surface area contributed by atoms with Gasteiger partial charge >= 0.3 is 18.1 Å². The van der Waals surface area contributed by atoms with Crippen LogP contribution in [0, 0.1) is 0 Å².